The molecule has 2 atom stereocenters. The molecule has 0 saturated carbocycles. The fourth-order valence-corrected chi connectivity index (χ4v) is 3.50. The number of ether oxygens (including phenoxy) is 1. The zero-order valence-electron chi connectivity index (χ0n) is 14.5. The number of piperidine rings is 1. The number of hydrogen-bond donors (Lipinski definition) is 2. The average Bonchev–Trinajstić information content (AvgIpc) is 3.06. The van der Waals surface area contributed by atoms with Gasteiger partial charge in [0, 0.05) is 38.0 Å². The van der Waals surface area contributed by atoms with Crippen molar-refractivity contribution in [3.8, 4) is 0 Å². The fraction of sp³-hybridized carbons (Fsp3) is 0.706. The second-order valence-electron chi connectivity index (χ2n) is 6.85. The van der Waals surface area contributed by atoms with Gasteiger partial charge in [0.15, 0.2) is 5.11 Å². The number of rotatable bonds is 4. The summed E-state index contributed by atoms with van der Waals surface area (Å²) in [5.41, 5.74) is 0.947. The molecule has 7 heteroatoms. The molecule has 1 aromatic heterocycles. The summed E-state index contributed by atoms with van der Waals surface area (Å²) in [7, 11) is 0. The standard InChI is InChI=1S/C17H27N5OS/c1-12-5-3-7-22(11-12)15-9-13(2)19-16(20-15)21-17(24)18-10-14-6-4-8-23-14/h9,12,14H,3-8,10-11H2,1-2H3,(H2,18,19,20,21,24)/t12-,14-/m0/s1. The number of thiocarbonyl (C=S) groups is 1. The molecule has 2 aliphatic rings. The maximum absolute atomic E-state index is 5.59. The summed E-state index contributed by atoms with van der Waals surface area (Å²) >= 11 is 5.36. The quantitative estimate of drug-likeness (QED) is 0.810. The zero-order chi connectivity index (χ0) is 16.9. The lowest BCUT2D eigenvalue weighted by Gasteiger charge is -2.32. The molecule has 1 aromatic rings. The minimum Gasteiger partial charge on any atom is -0.376 e. The van der Waals surface area contributed by atoms with Crippen LogP contribution in [0.3, 0.4) is 0 Å². The Bertz CT molecular complexity index is 576. The summed E-state index contributed by atoms with van der Waals surface area (Å²) in [5.74, 6) is 2.26. The van der Waals surface area contributed by atoms with E-state index in [2.05, 4.69) is 32.4 Å². The molecule has 2 aliphatic heterocycles. The van der Waals surface area contributed by atoms with Gasteiger partial charge in [-0.05, 0) is 50.7 Å². The van der Waals surface area contributed by atoms with Gasteiger partial charge in [-0.3, -0.25) is 0 Å². The smallest absolute Gasteiger partial charge is 0.231 e. The molecule has 2 N–H and O–H groups in total. The normalized spacial score (nSPS) is 24.0. The van der Waals surface area contributed by atoms with Gasteiger partial charge in [-0.15, -0.1) is 0 Å². The van der Waals surface area contributed by atoms with E-state index in [9.17, 15) is 0 Å². The molecule has 0 radical (unpaired) electrons. The van der Waals surface area contributed by atoms with E-state index in [1.807, 2.05) is 13.0 Å². The Morgan fingerprint density at radius 2 is 2.25 bits per heavy atom. The Labute approximate surface area is 149 Å². The molecule has 0 amide bonds. The third-order valence-electron chi connectivity index (χ3n) is 4.56. The van der Waals surface area contributed by atoms with Crippen LogP contribution in [-0.2, 0) is 4.74 Å². The van der Waals surface area contributed by atoms with Crippen LogP contribution in [0.4, 0.5) is 11.8 Å². The van der Waals surface area contributed by atoms with Gasteiger partial charge in [-0.1, -0.05) is 6.92 Å². The molecule has 6 nitrogen and oxygen atoms in total. The van der Waals surface area contributed by atoms with E-state index in [0.717, 1.165) is 50.6 Å². The molecule has 3 heterocycles. The van der Waals surface area contributed by atoms with Gasteiger partial charge in [-0.2, -0.15) is 4.98 Å². The highest BCUT2D eigenvalue weighted by Gasteiger charge is 2.19. The topological polar surface area (TPSA) is 62.3 Å². The minimum absolute atomic E-state index is 0.258. The van der Waals surface area contributed by atoms with Crippen LogP contribution in [0.1, 0.15) is 38.3 Å². The predicted molar refractivity (Wildman–Crippen MR) is 101 cm³/mol. The molecule has 0 unspecified atom stereocenters. The predicted octanol–water partition coefficient (Wildman–Crippen LogP) is 2.49. The van der Waals surface area contributed by atoms with Crippen LogP contribution in [0.2, 0.25) is 0 Å². The Hall–Kier alpha value is -1.47. The molecule has 0 spiro atoms. The van der Waals surface area contributed by atoms with Crippen LogP contribution in [0.5, 0.6) is 0 Å². The highest BCUT2D eigenvalue weighted by atomic mass is 32.1. The van der Waals surface area contributed by atoms with Crippen LogP contribution < -0.4 is 15.5 Å². The van der Waals surface area contributed by atoms with Crippen LogP contribution in [0, 0.1) is 12.8 Å². The van der Waals surface area contributed by atoms with Gasteiger partial charge in [0.25, 0.3) is 0 Å². The average molecular weight is 350 g/mol. The Morgan fingerprint density at radius 1 is 1.38 bits per heavy atom. The molecule has 24 heavy (non-hydrogen) atoms. The van der Waals surface area contributed by atoms with Gasteiger partial charge in [0.2, 0.25) is 5.95 Å². The van der Waals surface area contributed by atoms with Crippen molar-refractivity contribution in [2.45, 2.75) is 45.6 Å². The van der Waals surface area contributed by atoms with E-state index in [1.165, 1.54) is 12.8 Å². The van der Waals surface area contributed by atoms with E-state index in [1.54, 1.807) is 0 Å². The molecular weight excluding hydrogens is 322 g/mol. The highest BCUT2D eigenvalue weighted by Crippen LogP contribution is 2.22. The summed E-state index contributed by atoms with van der Waals surface area (Å²) in [4.78, 5) is 11.5. The largest absolute Gasteiger partial charge is 0.376 e. The van der Waals surface area contributed by atoms with E-state index in [-0.39, 0.29) is 6.10 Å². The van der Waals surface area contributed by atoms with Crippen LogP contribution in [0.25, 0.3) is 0 Å². The Kier molecular flexibility index (Phi) is 5.84. The minimum atomic E-state index is 0.258. The third-order valence-corrected chi connectivity index (χ3v) is 4.81. The first-order chi connectivity index (χ1) is 11.6. The highest BCUT2D eigenvalue weighted by molar-refractivity contribution is 7.80. The lowest BCUT2D eigenvalue weighted by molar-refractivity contribution is 0.114. The molecule has 0 aliphatic carbocycles. The van der Waals surface area contributed by atoms with Crippen molar-refractivity contribution in [2.75, 3.05) is 36.5 Å². The molecule has 132 valence electrons. The van der Waals surface area contributed by atoms with Gasteiger partial charge >= 0.3 is 0 Å². The van der Waals surface area contributed by atoms with Crippen molar-refractivity contribution in [1.29, 1.82) is 0 Å². The lowest BCUT2D eigenvalue weighted by Crippen LogP contribution is -2.36. The van der Waals surface area contributed by atoms with Crippen molar-refractivity contribution in [3.63, 3.8) is 0 Å². The fourth-order valence-electron chi connectivity index (χ4n) is 3.32. The third kappa shape index (κ3) is 4.77. The van der Waals surface area contributed by atoms with E-state index >= 15 is 0 Å². The van der Waals surface area contributed by atoms with E-state index < -0.39 is 0 Å². The number of nitrogens with zero attached hydrogens (tertiary/aromatic N) is 3. The second-order valence-corrected chi connectivity index (χ2v) is 7.26. The SMILES string of the molecule is Cc1cc(N2CCC[C@H](C)C2)nc(NC(=S)NC[C@@H]2CCCO2)n1. The van der Waals surface area contributed by atoms with Crippen LogP contribution in [-0.4, -0.2) is 47.4 Å². The maximum Gasteiger partial charge on any atom is 0.231 e. The van der Waals surface area contributed by atoms with Crippen molar-refractivity contribution >= 4 is 29.1 Å². The summed E-state index contributed by atoms with van der Waals surface area (Å²) in [5, 5.41) is 6.86. The number of nitrogens with one attached hydrogen (secondary N) is 2. The molecular formula is C17H27N5OS. The Morgan fingerprint density at radius 3 is 3.00 bits per heavy atom. The second kappa shape index (κ2) is 8.07. The molecule has 0 bridgehead atoms. The van der Waals surface area contributed by atoms with Gasteiger partial charge < -0.3 is 20.3 Å². The van der Waals surface area contributed by atoms with Crippen molar-refractivity contribution in [1.82, 2.24) is 15.3 Å². The lowest BCUT2D eigenvalue weighted by atomic mass is 10.0. The number of aromatic nitrogens is 2. The summed E-state index contributed by atoms with van der Waals surface area (Å²) < 4.78 is 5.59. The first kappa shape index (κ1) is 17.4. The molecule has 2 fully saturated rings. The number of anilines is 2. The molecule has 2 saturated heterocycles. The molecule has 3 rings (SSSR count). The van der Waals surface area contributed by atoms with E-state index in [0.29, 0.717) is 17.0 Å². The Balaban J connectivity index is 1.59. The number of aryl methyl sites for hydroxylation is 1. The number of hydrogen-bond acceptors (Lipinski definition) is 5. The maximum atomic E-state index is 5.59. The first-order valence-electron chi connectivity index (χ1n) is 8.87. The van der Waals surface area contributed by atoms with Crippen molar-refractivity contribution in [2.24, 2.45) is 5.92 Å². The molecule has 0 aromatic carbocycles. The summed E-state index contributed by atoms with van der Waals surface area (Å²) in [6.07, 6.45) is 4.99. The van der Waals surface area contributed by atoms with Gasteiger partial charge in [0.05, 0.1) is 6.10 Å². The first-order valence-corrected chi connectivity index (χ1v) is 9.28. The monoisotopic (exact) mass is 349 g/mol. The zero-order valence-corrected chi connectivity index (χ0v) is 15.4. The van der Waals surface area contributed by atoms with Crippen LogP contribution in [0.15, 0.2) is 6.07 Å². The van der Waals surface area contributed by atoms with Crippen LogP contribution >= 0.6 is 12.2 Å². The van der Waals surface area contributed by atoms with Gasteiger partial charge in [0.1, 0.15) is 5.82 Å². The van der Waals surface area contributed by atoms with Crippen molar-refractivity contribution in [3.05, 3.63) is 11.8 Å². The summed E-state index contributed by atoms with van der Waals surface area (Å²) in [6, 6.07) is 2.05. The van der Waals surface area contributed by atoms with Crippen molar-refractivity contribution < 1.29 is 4.74 Å². The summed E-state index contributed by atoms with van der Waals surface area (Å²) in [6.45, 7) is 7.98. The van der Waals surface area contributed by atoms with Gasteiger partial charge in [-0.25, -0.2) is 4.98 Å². The van der Waals surface area contributed by atoms with E-state index in [4.69, 9.17) is 17.0 Å².